The van der Waals surface area contributed by atoms with E-state index in [9.17, 15) is 4.79 Å². The molecular formula is C18H28N4O3. The maximum absolute atomic E-state index is 12.1. The Bertz CT molecular complexity index is 643. The Balaban J connectivity index is 1.95. The molecule has 2 rings (SSSR count). The van der Waals surface area contributed by atoms with Crippen LogP contribution in [0.4, 0.5) is 0 Å². The minimum atomic E-state index is -0.522. The van der Waals surface area contributed by atoms with Crippen LogP contribution in [-0.4, -0.2) is 50.7 Å². The number of hydrogen-bond acceptors (Lipinski definition) is 4. The van der Waals surface area contributed by atoms with Gasteiger partial charge in [-0.1, -0.05) is 6.07 Å². The van der Waals surface area contributed by atoms with Gasteiger partial charge in [-0.25, -0.2) is 0 Å². The highest BCUT2D eigenvalue weighted by atomic mass is 16.7. The zero-order valence-corrected chi connectivity index (χ0v) is 15.7. The van der Waals surface area contributed by atoms with Crippen molar-refractivity contribution in [2.24, 2.45) is 10.4 Å². The Morgan fingerprint density at radius 3 is 2.68 bits per heavy atom. The zero-order valence-electron chi connectivity index (χ0n) is 15.7. The third-order valence-electron chi connectivity index (χ3n) is 4.07. The van der Waals surface area contributed by atoms with Crippen LogP contribution in [0.3, 0.4) is 0 Å². The number of benzene rings is 1. The van der Waals surface area contributed by atoms with E-state index < -0.39 is 5.41 Å². The number of hydrogen-bond donors (Lipinski definition) is 2. The third kappa shape index (κ3) is 4.78. The summed E-state index contributed by atoms with van der Waals surface area (Å²) < 4.78 is 10.8. The first-order valence-electron chi connectivity index (χ1n) is 8.46. The molecule has 0 aromatic heterocycles. The monoisotopic (exact) mass is 348 g/mol. The third-order valence-corrected chi connectivity index (χ3v) is 4.07. The standard InChI is InChI=1S/C18H28N4O3/c1-6-20-16(23)18(2,3)11-21-17(19-4)22(5)10-13-7-8-14-15(9-13)25-12-24-14/h7-9H,6,10-12H2,1-5H3,(H,19,21)(H,20,23). The number of carbonyl (C=O) groups is 1. The summed E-state index contributed by atoms with van der Waals surface area (Å²) in [5, 5.41) is 6.14. The smallest absolute Gasteiger partial charge is 0.231 e. The summed E-state index contributed by atoms with van der Waals surface area (Å²) >= 11 is 0. The average Bonchev–Trinajstić information content (AvgIpc) is 3.03. The summed E-state index contributed by atoms with van der Waals surface area (Å²) in [6, 6.07) is 5.90. The van der Waals surface area contributed by atoms with E-state index in [0.717, 1.165) is 23.0 Å². The Labute approximate surface area is 149 Å². The number of aliphatic imine (C=N–C) groups is 1. The van der Waals surface area contributed by atoms with Crippen LogP contribution < -0.4 is 20.1 Å². The molecule has 1 aromatic carbocycles. The number of fused-ring (bicyclic) bond motifs is 1. The summed E-state index contributed by atoms with van der Waals surface area (Å²) in [5.74, 6) is 2.30. The van der Waals surface area contributed by atoms with Crippen molar-refractivity contribution in [1.29, 1.82) is 0 Å². The van der Waals surface area contributed by atoms with Gasteiger partial charge in [0, 0.05) is 33.7 Å². The van der Waals surface area contributed by atoms with Gasteiger partial charge in [0.1, 0.15) is 0 Å². The highest BCUT2D eigenvalue weighted by Gasteiger charge is 2.27. The summed E-state index contributed by atoms with van der Waals surface area (Å²) in [4.78, 5) is 18.4. The molecule has 1 aliphatic rings. The largest absolute Gasteiger partial charge is 0.454 e. The fourth-order valence-electron chi connectivity index (χ4n) is 2.55. The Hall–Kier alpha value is -2.44. The molecule has 0 saturated carbocycles. The van der Waals surface area contributed by atoms with Crippen LogP contribution in [-0.2, 0) is 11.3 Å². The van der Waals surface area contributed by atoms with Crippen LogP contribution in [0, 0.1) is 5.41 Å². The number of ether oxygens (including phenoxy) is 2. The lowest BCUT2D eigenvalue weighted by Crippen LogP contribution is -2.48. The first-order chi connectivity index (χ1) is 11.9. The van der Waals surface area contributed by atoms with Gasteiger partial charge in [-0.2, -0.15) is 0 Å². The van der Waals surface area contributed by atoms with Crippen molar-refractivity contribution in [3.05, 3.63) is 23.8 Å². The first-order valence-corrected chi connectivity index (χ1v) is 8.46. The van der Waals surface area contributed by atoms with Crippen molar-refractivity contribution in [2.75, 3.05) is 34.0 Å². The van der Waals surface area contributed by atoms with E-state index in [1.165, 1.54) is 0 Å². The minimum absolute atomic E-state index is 0.0244. The van der Waals surface area contributed by atoms with Crippen LogP contribution in [0.2, 0.25) is 0 Å². The molecule has 138 valence electrons. The molecule has 1 heterocycles. The van der Waals surface area contributed by atoms with Gasteiger partial charge in [0.05, 0.1) is 5.41 Å². The highest BCUT2D eigenvalue weighted by Crippen LogP contribution is 2.32. The van der Waals surface area contributed by atoms with Gasteiger partial charge in [0.15, 0.2) is 17.5 Å². The molecule has 0 spiro atoms. The predicted molar refractivity (Wildman–Crippen MR) is 97.9 cm³/mol. The van der Waals surface area contributed by atoms with E-state index in [4.69, 9.17) is 9.47 Å². The molecule has 0 atom stereocenters. The molecule has 0 radical (unpaired) electrons. The van der Waals surface area contributed by atoms with Gasteiger partial charge in [-0.05, 0) is 38.5 Å². The summed E-state index contributed by atoms with van der Waals surface area (Å²) in [6.07, 6.45) is 0. The second-order valence-corrected chi connectivity index (χ2v) is 6.69. The topological polar surface area (TPSA) is 75.2 Å². The van der Waals surface area contributed by atoms with Crippen molar-refractivity contribution in [2.45, 2.75) is 27.3 Å². The number of nitrogens with zero attached hydrogens (tertiary/aromatic N) is 2. The van der Waals surface area contributed by atoms with Gasteiger partial charge in [0.2, 0.25) is 12.7 Å². The number of nitrogens with one attached hydrogen (secondary N) is 2. The molecule has 0 bridgehead atoms. The molecule has 0 aliphatic carbocycles. The van der Waals surface area contributed by atoms with E-state index in [0.29, 0.717) is 19.6 Å². The average molecular weight is 348 g/mol. The van der Waals surface area contributed by atoms with Crippen molar-refractivity contribution < 1.29 is 14.3 Å². The number of carbonyl (C=O) groups excluding carboxylic acids is 1. The van der Waals surface area contributed by atoms with E-state index in [-0.39, 0.29) is 12.7 Å². The lowest BCUT2D eigenvalue weighted by molar-refractivity contribution is -0.128. The maximum atomic E-state index is 12.1. The quantitative estimate of drug-likeness (QED) is 0.603. The summed E-state index contributed by atoms with van der Waals surface area (Å²) in [5.41, 5.74) is 0.573. The van der Waals surface area contributed by atoms with Crippen LogP contribution in [0.5, 0.6) is 11.5 Å². The van der Waals surface area contributed by atoms with Gasteiger partial charge < -0.3 is 25.0 Å². The van der Waals surface area contributed by atoms with Gasteiger partial charge in [-0.15, -0.1) is 0 Å². The van der Waals surface area contributed by atoms with Gasteiger partial charge in [-0.3, -0.25) is 9.79 Å². The van der Waals surface area contributed by atoms with Crippen LogP contribution >= 0.6 is 0 Å². The minimum Gasteiger partial charge on any atom is -0.454 e. The number of rotatable bonds is 6. The summed E-state index contributed by atoms with van der Waals surface area (Å²) in [7, 11) is 3.69. The molecule has 1 aromatic rings. The molecule has 1 amide bonds. The first kappa shape index (κ1) is 18.9. The van der Waals surface area contributed by atoms with Gasteiger partial charge >= 0.3 is 0 Å². The normalized spacial score (nSPS) is 13.6. The Kier molecular flexibility index (Phi) is 6.12. The van der Waals surface area contributed by atoms with Crippen molar-refractivity contribution in [3.63, 3.8) is 0 Å². The second kappa shape index (κ2) is 8.09. The van der Waals surface area contributed by atoms with E-state index >= 15 is 0 Å². The molecule has 25 heavy (non-hydrogen) atoms. The van der Waals surface area contributed by atoms with Crippen LogP contribution in [0.1, 0.15) is 26.3 Å². The van der Waals surface area contributed by atoms with Crippen LogP contribution in [0.25, 0.3) is 0 Å². The lowest BCUT2D eigenvalue weighted by atomic mass is 9.92. The molecule has 2 N–H and O–H groups in total. The molecule has 0 fully saturated rings. The lowest BCUT2D eigenvalue weighted by Gasteiger charge is -2.28. The maximum Gasteiger partial charge on any atom is 0.231 e. The van der Waals surface area contributed by atoms with Crippen molar-refractivity contribution in [1.82, 2.24) is 15.5 Å². The van der Waals surface area contributed by atoms with E-state index in [1.807, 2.05) is 50.9 Å². The molecule has 7 heteroatoms. The molecular weight excluding hydrogens is 320 g/mol. The molecule has 0 saturated heterocycles. The van der Waals surface area contributed by atoms with Crippen molar-refractivity contribution >= 4 is 11.9 Å². The molecule has 1 aliphatic heterocycles. The second-order valence-electron chi connectivity index (χ2n) is 6.69. The van der Waals surface area contributed by atoms with Crippen molar-refractivity contribution in [3.8, 4) is 11.5 Å². The highest BCUT2D eigenvalue weighted by molar-refractivity contribution is 5.84. The van der Waals surface area contributed by atoms with Crippen LogP contribution in [0.15, 0.2) is 23.2 Å². The molecule has 7 nitrogen and oxygen atoms in total. The fraction of sp³-hybridized carbons (Fsp3) is 0.556. The summed E-state index contributed by atoms with van der Waals surface area (Å²) in [6.45, 7) is 7.80. The Morgan fingerprint density at radius 2 is 2.00 bits per heavy atom. The predicted octanol–water partition coefficient (Wildman–Crippen LogP) is 1.58. The van der Waals surface area contributed by atoms with Gasteiger partial charge in [0.25, 0.3) is 0 Å². The number of amides is 1. The SMILES string of the molecule is CCNC(=O)C(C)(C)CNC(=NC)N(C)Cc1ccc2c(c1)OCO2. The molecule has 0 unspecified atom stereocenters. The zero-order chi connectivity index (χ0) is 18.4. The Morgan fingerprint density at radius 1 is 1.28 bits per heavy atom. The number of guanidine groups is 1. The fourth-order valence-corrected chi connectivity index (χ4v) is 2.55. The van der Waals surface area contributed by atoms with E-state index in [2.05, 4.69) is 15.6 Å². The van der Waals surface area contributed by atoms with E-state index in [1.54, 1.807) is 7.05 Å².